The second-order valence-electron chi connectivity index (χ2n) is 6.26. The van der Waals surface area contributed by atoms with Crippen LogP contribution in [0.5, 0.6) is 11.5 Å². The largest absolute Gasteiger partial charge is 0.484 e. The monoisotopic (exact) mass is 383 g/mol. The van der Waals surface area contributed by atoms with E-state index in [-0.39, 0.29) is 23.5 Å². The van der Waals surface area contributed by atoms with Crippen molar-refractivity contribution in [2.45, 2.75) is 26.1 Å². The molecule has 0 bridgehead atoms. The number of carbonyl (C=O) groups excluding carboxylic acids is 1. The van der Waals surface area contributed by atoms with E-state index in [0.717, 1.165) is 0 Å². The average molecular weight is 383 g/mol. The molecule has 144 valence electrons. The molecular weight excluding hydrogens is 364 g/mol. The van der Waals surface area contributed by atoms with Gasteiger partial charge >= 0.3 is 0 Å². The van der Waals surface area contributed by atoms with Gasteiger partial charge in [0.25, 0.3) is 0 Å². The summed E-state index contributed by atoms with van der Waals surface area (Å²) in [4.78, 5) is 16.8. The van der Waals surface area contributed by atoms with Crippen LogP contribution < -0.4 is 9.47 Å². The molecule has 0 fully saturated rings. The van der Waals surface area contributed by atoms with E-state index in [1.165, 1.54) is 54.7 Å². The van der Waals surface area contributed by atoms with Crippen molar-refractivity contribution in [3.05, 3.63) is 89.8 Å². The first-order chi connectivity index (χ1) is 13.4. The number of aromatic nitrogens is 1. The number of benzene rings is 2. The fourth-order valence-electron chi connectivity index (χ4n) is 2.57. The number of nitrogens with zero attached hydrogens (tertiary/aromatic N) is 1. The molecule has 1 heterocycles. The van der Waals surface area contributed by atoms with Gasteiger partial charge in [0, 0.05) is 11.8 Å². The maximum atomic E-state index is 13.0. The third-order valence-corrected chi connectivity index (χ3v) is 4.11. The highest BCUT2D eigenvalue weighted by Gasteiger charge is 2.18. The van der Waals surface area contributed by atoms with Crippen LogP contribution in [0.3, 0.4) is 0 Å². The van der Waals surface area contributed by atoms with E-state index >= 15 is 0 Å². The number of halogens is 2. The Kier molecular flexibility index (Phi) is 5.99. The number of Topliss-reactive ketones (excluding diaryl/α,β-unsaturated/α-hetero) is 1. The van der Waals surface area contributed by atoms with E-state index in [0.29, 0.717) is 22.8 Å². The van der Waals surface area contributed by atoms with Gasteiger partial charge in [0.2, 0.25) is 5.78 Å². The zero-order chi connectivity index (χ0) is 20.1. The average Bonchev–Trinajstić information content (AvgIpc) is 2.71. The molecule has 4 nitrogen and oxygen atoms in total. The Balaban J connectivity index is 1.63. The number of rotatable bonds is 7. The molecule has 6 heteroatoms. The lowest BCUT2D eigenvalue weighted by atomic mass is 10.1. The molecule has 2 atom stereocenters. The van der Waals surface area contributed by atoms with Gasteiger partial charge in [-0.15, -0.1) is 0 Å². The minimum atomic E-state index is -0.744. The normalized spacial score (nSPS) is 12.9. The van der Waals surface area contributed by atoms with E-state index in [2.05, 4.69) is 4.98 Å². The number of hydrogen-bond donors (Lipinski definition) is 0. The van der Waals surface area contributed by atoms with Crippen molar-refractivity contribution in [1.29, 1.82) is 0 Å². The summed E-state index contributed by atoms with van der Waals surface area (Å²) in [7, 11) is 0. The topological polar surface area (TPSA) is 48.4 Å². The molecule has 0 unspecified atom stereocenters. The summed E-state index contributed by atoms with van der Waals surface area (Å²) < 4.78 is 37.2. The van der Waals surface area contributed by atoms with E-state index in [9.17, 15) is 13.6 Å². The molecule has 1 aromatic heterocycles. The molecule has 0 N–H and O–H groups in total. The SMILES string of the molecule is C[C@H](Oc1ccc(F)cc1)C(=O)c1ccc([C@@H](C)Oc2ccc(F)cc2)nc1. The molecule has 2 aromatic carbocycles. The third-order valence-electron chi connectivity index (χ3n) is 4.11. The molecule has 0 saturated carbocycles. The minimum absolute atomic E-state index is 0.240. The molecule has 0 amide bonds. The first-order valence-corrected chi connectivity index (χ1v) is 8.77. The molecule has 3 rings (SSSR count). The molecule has 0 saturated heterocycles. The summed E-state index contributed by atoms with van der Waals surface area (Å²) in [5.74, 6) is -0.0122. The van der Waals surface area contributed by atoms with Crippen molar-refractivity contribution in [1.82, 2.24) is 4.98 Å². The van der Waals surface area contributed by atoms with E-state index in [1.54, 1.807) is 19.1 Å². The molecule has 0 aliphatic carbocycles. The number of ketones is 1. The summed E-state index contributed by atoms with van der Waals surface area (Å²) in [5.41, 5.74) is 1.03. The fraction of sp³-hybridized carbons (Fsp3) is 0.182. The van der Waals surface area contributed by atoms with Crippen LogP contribution in [-0.2, 0) is 0 Å². The van der Waals surface area contributed by atoms with Crippen molar-refractivity contribution in [3.8, 4) is 11.5 Å². The zero-order valence-electron chi connectivity index (χ0n) is 15.4. The molecule has 28 heavy (non-hydrogen) atoms. The summed E-state index contributed by atoms with van der Waals surface area (Å²) in [6.45, 7) is 3.44. The second kappa shape index (κ2) is 8.61. The van der Waals surface area contributed by atoms with Crippen molar-refractivity contribution < 1.29 is 23.0 Å². The van der Waals surface area contributed by atoms with E-state index < -0.39 is 6.10 Å². The summed E-state index contributed by atoms with van der Waals surface area (Å²) in [5, 5.41) is 0. The first kappa shape index (κ1) is 19.5. The van der Waals surface area contributed by atoms with Crippen LogP contribution in [-0.4, -0.2) is 16.9 Å². The fourth-order valence-corrected chi connectivity index (χ4v) is 2.57. The van der Waals surface area contributed by atoms with Crippen LogP contribution >= 0.6 is 0 Å². The molecule has 3 aromatic rings. The van der Waals surface area contributed by atoms with Gasteiger partial charge in [-0.1, -0.05) is 0 Å². The molecule has 0 aliphatic rings. The minimum Gasteiger partial charge on any atom is -0.484 e. The summed E-state index contributed by atoms with van der Waals surface area (Å²) in [6.07, 6.45) is 0.348. The Morgan fingerprint density at radius 2 is 1.36 bits per heavy atom. The predicted molar refractivity (Wildman–Crippen MR) is 101 cm³/mol. The third kappa shape index (κ3) is 4.91. The van der Waals surface area contributed by atoms with Crippen LogP contribution in [0.1, 0.15) is 36.0 Å². The number of hydrogen-bond acceptors (Lipinski definition) is 4. The lowest BCUT2D eigenvalue weighted by molar-refractivity contribution is 0.0817. The Hall–Kier alpha value is -3.28. The van der Waals surface area contributed by atoms with Gasteiger partial charge in [-0.2, -0.15) is 0 Å². The Bertz CT molecular complexity index is 926. The molecule has 0 aliphatic heterocycles. The Morgan fingerprint density at radius 3 is 1.86 bits per heavy atom. The maximum absolute atomic E-state index is 13.0. The van der Waals surface area contributed by atoms with E-state index in [1.807, 2.05) is 6.92 Å². The van der Waals surface area contributed by atoms with Gasteiger partial charge in [0.05, 0.1) is 5.69 Å². The van der Waals surface area contributed by atoms with Gasteiger partial charge in [-0.25, -0.2) is 8.78 Å². The van der Waals surface area contributed by atoms with Crippen molar-refractivity contribution >= 4 is 5.78 Å². The van der Waals surface area contributed by atoms with Gasteiger partial charge in [0.15, 0.2) is 6.10 Å². The van der Waals surface area contributed by atoms with Gasteiger partial charge in [-0.3, -0.25) is 9.78 Å². The number of carbonyl (C=O) groups is 1. The van der Waals surface area contributed by atoms with Gasteiger partial charge in [-0.05, 0) is 74.5 Å². The second-order valence-corrected chi connectivity index (χ2v) is 6.26. The van der Waals surface area contributed by atoms with Gasteiger partial charge < -0.3 is 9.47 Å². The highest BCUT2D eigenvalue weighted by Crippen LogP contribution is 2.21. The highest BCUT2D eigenvalue weighted by molar-refractivity contribution is 5.99. The lowest BCUT2D eigenvalue weighted by Gasteiger charge is -2.16. The highest BCUT2D eigenvalue weighted by atomic mass is 19.1. The standard InChI is InChI=1S/C22H19F2NO3/c1-14(27-19-8-4-17(23)5-9-19)21-12-3-16(13-25-21)22(26)15(2)28-20-10-6-18(24)7-11-20/h3-15H,1-2H3/t14-,15+/m1/s1. The Labute approximate surface area is 161 Å². The molecular formula is C22H19F2NO3. The number of ether oxygens (including phenoxy) is 2. The quantitative estimate of drug-likeness (QED) is 0.530. The Morgan fingerprint density at radius 1 is 0.821 bits per heavy atom. The van der Waals surface area contributed by atoms with E-state index in [4.69, 9.17) is 9.47 Å². The zero-order valence-corrected chi connectivity index (χ0v) is 15.4. The molecule has 0 spiro atoms. The lowest BCUT2D eigenvalue weighted by Crippen LogP contribution is -2.24. The van der Waals surface area contributed by atoms with Crippen LogP contribution in [0, 0.1) is 11.6 Å². The molecule has 0 radical (unpaired) electrons. The van der Waals surface area contributed by atoms with Crippen LogP contribution in [0.2, 0.25) is 0 Å². The van der Waals surface area contributed by atoms with Crippen molar-refractivity contribution in [2.24, 2.45) is 0 Å². The van der Waals surface area contributed by atoms with Crippen LogP contribution in [0.15, 0.2) is 66.9 Å². The van der Waals surface area contributed by atoms with Crippen molar-refractivity contribution in [2.75, 3.05) is 0 Å². The van der Waals surface area contributed by atoms with Crippen LogP contribution in [0.25, 0.3) is 0 Å². The first-order valence-electron chi connectivity index (χ1n) is 8.77. The van der Waals surface area contributed by atoms with Crippen LogP contribution in [0.4, 0.5) is 8.78 Å². The number of pyridine rings is 1. The summed E-state index contributed by atoms with van der Waals surface area (Å²) >= 11 is 0. The maximum Gasteiger partial charge on any atom is 0.204 e. The summed E-state index contributed by atoms with van der Waals surface area (Å²) in [6, 6.07) is 14.5. The van der Waals surface area contributed by atoms with Gasteiger partial charge in [0.1, 0.15) is 29.2 Å². The van der Waals surface area contributed by atoms with Crippen molar-refractivity contribution in [3.63, 3.8) is 0 Å². The predicted octanol–water partition coefficient (Wildman–Crippen LogP) is 5.15. The smallest absolute Gasteiger partial charge is 0.204 e.